The van der Waals surface area contributed by atoms with Crippen LogP contribution in [0.25, 0.3) is 11.0 Å². The molecule has 0 spiro atoms. The zero-order chi connectivity index (χ0) is 11.0. The Morgan fingerprint density at radius 2 is 2.27 bits per heavy atom. The molecule has 76 valence electrons. The van der Waals surface area contributed by atoms with Gasteiger partial charge in [0.1, 0.15) is 11.9 Å². The highest BCUT2D eigenvalue weighted by Gasteiger charge is 2.09. The quantitative estimate of drug-likeness (QED) is 0.740. The maximum atomic E-state index is 8.84. The molecular weight excluding hydrogens is 210 g/mol. The summed E-state index contributed by atoms with van der Waals surface area (Å²) < 4.78 is 2.07. The Labute approximate surface area is 92.9 Å². The summed E-state index contributed by atoms with van der Waals surface area (Å²) in [6, 6.07) is 5.59. The molecule has 0 aliphatic carbocycles. The topological polar surface area (TPSA) is 41.6 Å². The third-order valence-electron chi connectivity index (χ3n) is 2.46. The predicted octanol–water partition coefficient (Wildman–Crippen LogP) is 2.89. The number of rotatable bonds is 1. The molecule has 0 N–H and O–H groups in total. The van der Waals surface area contributed by atoms with Crippen LogP contribution in [-0.4, -0.2) is 9.55 Å². The molecule has 0 aliphatic heterocycles. The summed E-state index contributed by atoms with van der Waals surface area (Å²) in [5.74, 6) is 0.943. The number of fused-ring (bicyclic) bond motifs is 1. The Bertz CT molecular complexity index is 563. The predicted molar refractivity (Wildman–Crippen MR) is 59.9 cm³/mol. The van der Waals surface area contributed by atoms with Crippen molar-refractivity contribution in [3.63, 3.8) is 0 Å². The summed E-state index contributed by atoms with van der Waals surface area (Å²) in [4.78, 5) is 4.39. The number of hydrogen-bond donors (Lipinski definition) is 0. The molecule has 0 radical (unpaired) electrons. The third kappa shape index (κ3) is 1.47. The molecule has 0 fully saturated rings. The molecule has 0 bridgehead atoms. The van der Waals surface area contributed by atoms with Gasteiger partial charge in [-0.3, -0.25) is 0 Å². The van der Waals surface area contributed by atoms with E-state index in [1.807, 2.05) is 6.92 Å². The normalized spacial score (nSPS) is 10.5. The molecule has 2 aromatic rings. The molecule has 15 heavy (non-hydrogen) atoms. The van der Waals surface area contributed by atoms with E-state index in [2.05, 4.69) is 22.5 Å². The molecule has 2 rings (SSSR count). The molecule has 0 amide bonds. The monoisotopic (exact) mass is 219 g/mol. The van der Waals surface area contributed by atoms with Gasteiger partial charge in [-0.05, 0) is 26.0 Å². The van der Waals surface area contributed by atoms with E-state index in [0.717, 1.165) is 23.4 Å². The van der Waals surface area contributed by atoms with Crippen LogP contribution in [0.1, 0.15) is 18.3 Å². The summed E-state index contributed by atoms with van der Waals surface area (Å²) in [6.07, 6.45) is 0. The van der Waals surface area contributed by atoms with Crippen LogP contribution in [0.15, 0.2) is 12.1 Å². The maximum Gasteiger partial charge on any atom is 0.106 e. The first-order valence-electron chi connectivity index (χ1n) is 4.74. The zero-order valence-electron chi connectivity index (χ0n) is 8.58. The van der Waals surface area contributed by atoms with Crippen molar-refractivity contribution in [1.82, 2.24) is 9.55 Å². The minimum absolute atomic E-state index is 0.477. The van der Waals surface area contributed by atoms with Crippen LogP contribution >= 0.6 is 11.6 Å². The fraction of sp³-hybridized carbons (Fsp3) is 0.273. The molecule has 0 saturated carbocycles. The van der Waals surface area contributed by atoms with Gasteiger partial charge in [-0.2, -0.15) is 5.26 Å². The zero-order valence-corrected chi connectivity index (χ0v) is 9.34. The smallest absolute Gasteiger partial charge is 0.106 e. The lowest BCUT2D eigenvalue weighted by atomic mass is 10.2. The average Bonchev–Trinajstić information content (AvgIpc) is 2.51. The van der Waals surface area contributed by atoms with Crippen LogP contribution in [0.3, 0.4) is 0 Å². The highest BCUT2D eigenvalue weighted by molar-refractivity contribution is 6.32. The third-order valence-corrected chi connectivity index (χ3v) is 2.78. The van der Waals surface area contributed by atoms with Gasteiger partial charge >= 0.3 is 0 Å². The van der Waals surface area contributed by atoms with Crippen molar-refractivity contribution in [2.24, 2.45) is 0 Å². The summed E-state index contributed by atoms with van der Waals surface area (Å²) in [5, 5.41) is 9.33. The van der Waals surface area contributed by atoms with Crippen molar-refractivity contribution in [2.75, 3.05) is 0 Å². The van der Waals surface area contributed by atoms with Crippen molar-refractivity contribution >= 4 is 22.6 Å². The van der Waals surface area contributed by atoms with Gasteiger partial charge in [0.15, 0.2) is 0 Å². The number of aryl methyl sites for hydroxylation is 2. The second-order valence-corrected chi connectivity index (χ2v) is 3.74. The van der Waals surface area contributed by atoms with Gasteiger partial charge in [0.05, 0.1) is 21.6 Å². The van der Waals surface area contributed by atoms with Gasteiger partial charge in [0, 0.05) is 6.54 Å². The van der Waals surface area contributed by atoms with E-state index in [9.17, 15) is 0 Å². The molecule has 0 aliphatic rings. The number of imidazole rings is 1. The Hall–Kier alpha value is -1.53. The van der Waals surface area contributed by atoms with Crippen molar-refractivity contribution in [2.45, 2.75) is 20.4 Å². The average molecular weight is 220 g/mol. The van der Waals surface area contributed by atoms with E-state index in [1.165, 1.54) is 0 Å². The number of aromatic nitrogens is 2. The minimum atomic E-state index is 0.477. The first-order valence-corrected chi connectivity index (χ1v) is 5.11. The van der Waals surface area contributed by atoms with Gasteiger partial charge in [0.25, 0.3) is 0 Å². The summed E-state index contributed by atoms with van der Waals surface area (Å²) >= 11 is 5.98. The van der Waals surface area contributed by atoms with Crippen LogP contribution in [0.4, 0.5) is 0 Å². The Balaban J connectivity index is 2.82. The van der Waals surface area contributed by atoms with E-state index in [0.29, 0.717) is 10.6 Å². The highest BCUT2D eigenvalue weighted by atomic mass is 35.5. The van der Waals surface area contributed by atoms with Crippen LogP contribution in [0, 0.1) is 18.3 Å². The number of nitriles is 1. The summed E-state index contributed by atoms with van der Waals surface area (Å²) in [7, 11) is 0. The number of halogens is 1. The van der Waals surface area contributed by atoms with E-state index >= 15 is 0 Å². The second-order valence-electron chi connectivity index (χ2n) is 3.34. The molecule has 4 heteroatoms. The van der Waals surface area contributed by atoms with Gasteiger partial charge in [-0.1, -0.05) is 11.6 Å². The molecule has 0 saturated heterocycles. The van der Waals surface area contributed by atoms with Crippen molar-refractivity contribution in [1.29, 1.82) is 5.26 Å². The molecule has 0 unspecified atom stereocenters. The lowest BCUT2D eigenvalue weighted by molar-refractivity contribution is 0.753. The molecular formula is C11H10ClN3. The van der Waals surface area contributed by atoms with E-state index < -0.39 is 0 Å². The van der Waals surface area contributed by atoms with Gasteiger partial charge < -0.3 is 4.57 Å². The lowest BCUT2D eigenvalue weighted by Gasteiger charge is -2.02. The van der Waals surface area contributed by atoms with Crippen molar-refractivity contribution in [3.8, 4) is 6.07 Å². The van der Waals surface area contributed by atoms with Crippen LogP contribution in [0.2, 0.25) is 5.02 Å². The highest BCUT2D eigenvalue weighted by Crippen LogP contribution is 2.24. The fourth-order valence-corrected chi connectivity index (χ4v) is 1.95. The van der Waals surface area contributed by atoms with Gasteiger partial charge in [-0.25, -0.2) is 4.98 Å². The number of benzene rings is 1. The summed E-state index contributed by atoms with van der Waals surface area (Å²) in [6.45, 7) is 4.86. The van der Waals surface area contributed by atoms with E-state index in [1.54, 1.807) is 12.1 Å². The molecule has 1 heterocycles. The minimum Gasteiger partial charge on any atom is -0.328 e. The second kappa shape index (κ2) is 3.56. The lowest BCUT2D eigenvalue weighted by Crippen LogP contribution is -1.96. The fourth-order valence-electron chi connectivity index (χ4n) is 1.75. The number of nitrogens with zero attached hydrogens (tertiary/aromatic N) is 3. The van der Waals surface area contributed by atoms with Crippen LogP contribution in [0.5, 0.6) is 0 Å². The van der Waals surface area contributed by atoms with Crippen molar-refractivity contribution < 1.29 is 0 Å². The largest absolute Gasteiger partial charge is 0.328 e. The van der Waals surface area contributed by atoms with Gasteiger partial charge in [0.2, 0.25) is 0 Å². The van der Waals surface area contributed by atoms with Crippen LogP contribution in [-0.2, 0) is 6.54 Å². The number of hydrogen-bond acceptors (Lipinski definition) is 2. The molecule has 0 atom stereocenters. The van der Waals surface area contributed by atoms with E-state index in [-0.39, 0.29) is 0 Å². The molecule has 1 aromatic heterocycles. The standard InChI is InChI=1S/C11H10ClN3/c1-3-15-7(2)14-10-4-8(6-13)9(12)5-11(10)15/h4-5H,3H2,1-2H3. The maximum absolute atomic E-state index is 8.84. The Morgan fingerprint density at radius 3 is 2.87 bits per heavy atom. The Morgan fingerprint density at radius 1 is 1.53 bits per heavy atom. The van der Waals surface area contributed by atoms with E-state index in [4.69, 9.17) is 16.9 Å². The summed E-state index contributed by atoms with van der Waals surface area (Å²) in [5.41, 5.74) is 2.29. The Kier molecular flexibility index (Phi) is 2.37. The first kappa shape index (κ1) is 10.0. The molecule has 3 nitrogen and oxygen atoms in total. The van der Waals surface area contributed by atoms with Crippen LogP contribution < -0.4 is 0 Å². The SMILES string of the molecule is CCn1c(C)nc2cc(C#N)c(Cl)cc21. The molecule has 1 aromatic carbocycles. The van der Waals surface area contributed by atoms with Gasteiger partial charge in [-0.15, -0.1) is 0 Å². The van der Waals surface area contributed by atoms with Crippen molar-refractivity contribution in [3.05, 3.63) is 28.5 Å². The first-order chi connectivity index (χ1) is 7.17.